The molecule has 0 saturated carbocycles. The van der Waals surface area contributed by atoms with E-state index in [1.54, 1.807) is 18.4 Å². The first-order valence-electron chi connectivity index (χ1n) is 4.78. The van der Waals surface area contributed by atoms with Crippen LogP contribution >= 0.6 is 11.3 Å². The highest BCUT2D eigenvalue weighted by Crippen LogP contribution is 2.09. The third-order valence-corrected chi connectivity index (χ3v) is 4.22. The Hall–Kier alpha value is -0.430. The summed E-state index contributed by atoms with van der Waals surface area (Å²) < 4.78 is 25.5. The van der Waals surface area contributed by atoms with Gasteiger partial charge < -0.3 is 5.32 Å². The van der Waals surface area contributed by atoms with E-state index in [2.05, 4.69) is 10.0 Å². The van der Waals surface area contributed by atoms with Gasteiger partial charge in [-0.3, -0.25) is 0 Å². The molecule has 0 fully saturated rings. The lowest BCUT2D eigenvalue weighted by atomic mass is 10.4. The van der Waals surface area contributed by atoms with Crippen molar-refractivity contribution in [2.75, 3.05) is 25.9 Å². The predicted molar refractivity (Wildman–Crippen MR) is 63.7 cm³/mol. The largest absolute Gasteiger partial charge is 0.318 e. The molecule has 6 heteroatoms. The third kappa shape index (κ3) is 5.27. The van der Waals surface area contributed by atoms with Crippen molar-refractivity contribution in [1.29, 1.82) is 0 Å². The molecule has 4 nitrogen and oxygen atoms in total. The van der Waals surface area contributed by atoms with Crippen molar-refractivity contribution in [1.82, 2.24) is 10.0 Å². The number of thiophene rings is 1. The Morgan fingerprint density at radius 3 is 2.80 bits per heavy atom. The molecular weight excluding hydrogens is 232 g/mol. The van der Waals surface area contributed by atoms with E-state index in [0.717, 1.165) is 4.88 Å². The minimum Gasteiger partial charge on any atom is -0.318 e. The zero-order valence-electron chi connectivity index (χ0n) is 8.69. The molecule has 0 unspecified atom stereocenters. The molecule has 0 bridgehead atoms. The summed E-state index contributed by atoms with van der Waals surface area (Å²) in [7, 11) is -1.32. The standard InChI is InChI=1S/C9H16N2O2S2/c1-10-5-6-11-15(12,13)8-4-9-3-2-7-14-9/h2-3,7,10-11H,4-6,8H2,1H3. The molecule has 0 amide bonds. The molecule has 0 aliphatic heterocycles. The number of aryl methyl sites for hydroxylation is 1. The van der Waals surface area contributed by atoms with Crippen LogP contribution in [0.2, 0.25) is 0 Å². The highest BCUT2D eigenvalue weighted by Gasteiger charge is 2.09. The van der Waals surface area contributed by atoms with Crippen molar-refractivity contribution < 1.29 is 8.42 Å². The first kappa shape index (κ1) is 12.6. The summed E-state index contributed by atoms with van der Waals surface area (Å²) in [6.07, 6.45) is 0.590. The van der Waals surface area contributed by atoms with Crippen molar-refractivity contribution in [3.05, 3.63) is 22.4 Å². The Morgan fingerprint density at radius 2 is 2.20 bits per heavy atom. The van der Waals surface area contributed by atoms with E-state index in [0.29, 0.717) is 19.5 Å². The van der Waals surface area contributed by atoms with Gasteiger partial charge in [0.25, 0.3) is 0 Å². The summed E-state index contributed by atoms with van der Waals surface area (Å²) >= 11 is 1.59. The van der Waals surface area contributed by atoms with E-state index in [-0.39, 0.29) is 5.75 Å². The summed E-state index contributed by atoms with van der Waals surface area (Å²) in [5, 5.41) is 4.84. The zero-order chi connectivity index (χ0) is 11.1. The lowest BCUT2D eigenvalue weighted by Crippen LogP contribution is -2.32. The second-order valence-corrected chi connectivity index (χ2v) is 6.10. The van der Waals surface area contributed by atoms with Gasteiger partial charge in [-0.1, -0.05) is 6.07 Å². The van der Waals surface area contributed by atoms with Crippen molar-refractivity contribution in [3.63, 3.8) is 0 Å². The van der Waals surface area contributed by atoms with Crippen molar-refractivity contribution in [2.45, 2.75) is 6.42 Å². The Morgan fingerprint density at radius 1 is 1.40 bits per heavy atom. The number of hydrogen-bond acceptors (Lipinski definition) is 4. The van der Waals surface area contributed by atoms with Gasteiger partial charge in [0.1, 0.15) is 0 Å². The highest BCUT2D eigenvalue weighted by atomic mass is 32.2. The molecule has 1 rings (SSSR count). The van der Waals surface area contributed by atoms with Crippen LogP contribution in [0.25, 0.3) is 0 Å². The van der Waals surface area contributed by atoms with E-state index in [1.165, 1.54) is 0 Å². The molecule has 0 spiro atoms. The SMILES string of the molecule is CNCCNS(=O)(=O)CCc1cccs1. The second-order valence-electron chi connectivity index (χ2n) is 3.15. The van der Waals surface area contributed by atoms with Crippen molar-refractivity contribution in [2.24, 2.45) is 0 Å². The molecular formula is C9H16N2O2S2. The van der Waals surface area contributed by atoms with Crippen LogP contribution in [-0.4, -0.2) is 34.3 Å². The average Bonchev–Trinajstić information content (AvgIpc) is 2.68. The van der Waals surface area contributed by atoms with E-state index in [1.807, 2.05) is 17.5 Å². The molecule has 1 aromatic rings. The van der Waals surface area contributed by atoms with Gasteiger partial charge in [-0.2, -0.15) is 0 Å². The number of rotatable bonds is 7. The Bertz CT molecular complexity index is 359. The van der Waals surface area contributed by atoms with Gasteiger partial charge >= 0.3 is 0 Å². The number of sulfonamides is 1. The fraction of sp³-hybridized carbons (Fsp3) is 0.556. The van der Waals surface area contributed by atoms with E-state index < -0.39 is 10.0 Å². The van der Waals surface area contributed by atoms with Crippen molar-refractivity contribution >= 4 is 21.4 Å². The summed E-state index contributed by atoms with van der Waals surface area (Å²) in [6.45, 7) is 1.10. The quantitative estimate of drug-likeness (QED) is 0.688. The maximum absolute atomic E-state index is 11.5. The molecule has 0 aromatic carbocycles. The van der Waals surface area contributed by atoms with Crippen LogP contribution < -0.4 is 10.0 Å². The van der Waals surface area contributed by atoms with Crippen LogP contribution in [0.1, 0.15) is 4.88 Å². The first-order valence-corrected chi connectivity index (χ1v) is 7.31. The Kier molecular flexibility index (Phi) is 5.24. The molecule has 0 aliphatic carbocycles. The normalized spacial score (nSPS) is 11.8. The Labute approximate surface area is 94.8 Å². The van der Waals surface area contributed by atoms with Crippen LogP contribution in [0.5, 0.6) is 0 Å². The maximum Gasteiger partial charge on any atom is 0.211 e. The highest BCUT2D eigenvalue weighted by molar-refractivity contribution is 7.89. The lowest BCUT2D eigenvalue weighted by molar-refractivity contribution is 0.579. The maximum atomic E-state index is 11.5. The second kappa shape index (κ2) is 6.22. The molecule has 15 heavy (non-hydrogen) atoms. The van der Waals surface area contributed by atoms with E-state index in [9.17, 15) is 8.42 Å². The molecule has 1 aromatic heterocycles. The monoisotopic (exact) mass is 248 g/mol. The van der Waals surface area contributed by atoms with Gasteiger partial charge in [-0.05, 0) is 24.9 Å². The fourth-order valence-electron chi connectivity index (χ4n) is 1.09. The van der Waals surface area contributed by atoms with Crippen LogP contribution in [0.4, 0.5) is 0 Å². The molecule has 2 N–H and O–H groups in total. The van der Waals surface area contributed by atoms with E-state index >= 15 is 0 Å². The molecule has 0 aliphatic rings. The number of hydrogen-bond donors (Lipinski definition) is 2. The average molecular weight is 248 g/mol. The topological polar surface area (TPSA) is 58.2 Å². The van der Waals surface area contributed by atoms with Gasteiger partial charge in [0.2, 0.25) is 10.0 Å². The smallest absolute Gasteiger partial charge is 0.211 e. The van der Waals surface area contributed by atoms with Crippen LogP contribution in [0, 0.1) is 0 Å². The third-order valence-electron chi connectivity index (χ3n) is 1.89. The summed E-state index contributed by atoms with van der Waals surface area (Å²) in [5.74, 6) is 0.164. The summed E-state index contributed by atoms with van der Waals surface area (Å²) in [5.41, 5.74) is 0. The van der Waals surface area contributed by atoms with Crippen LogP contribution in [0.15, 0.2) is 17.5 Å². The summed E-state index contributed by atoms with van der Waals surface area (Å²) in [6, 6.07) is 3.88. The Balaban J connectivity index is 2.30. The number of likely N-dealkylation sites (N-methyl/N-ethyl adjacent to an activating group) is 1. The molecule has 1 heterocycles. The van der Waals surface area contributed by atoms with Gasteiger partial charge in [-0.15, -0.1) is 11.3 Å². The zero-order valence-corrected chi connectivity index (χ0v) is 10.3. The van der Waals surface area contributed by atoms with Crippen LogP contribution in [0.3, 0.4) is 0 Å². The van der Waals surface area contributed by atoms with Crippen molar-refractivity contribution in [3.8, 4) is 0 Å². The molecule has 0 saturated heterocycles. The summed E-state index contributed by atoms with van der Waals surface area (Å²) in [4.78, 5) is 1.11. The minimum atomic E-state index is -3.11. The van der Waals surface area contributed by atoms with Gasteiger partial charge in [0.05, 0.1) is 5.75 Å². The van der Waals surface area contributed by atoms with Gasteiger partial charge in [-0.25, -0.2) is 13.1 Å². The minimum absolute atomic E-state index is 0.164. The lowest BCUT2D eigenvalue weighted by Gasteiger charge is -2.05. The number of nitrogens with one attached hydrogen (secondary N) is 2. The predicted octanol–water partition coefficient (Wildman–Crippen LogP) is 0.429. The molecule has 0 radical (unpaired) electrons. The fourth-order valence-corrected chi connectivity index (χ4v) is 2.98. The van der Waals surface area contributed by atoms with Crippen LogP contribution in [-0.2, 0) is 16.4 Å². The first-order chi connectivity index (χ1) is 7.14. The van der Waals surface area contributed by atoms with Gasteiger partial charge in [0, 0.05) is 18.0 Å². The van der Waals surface area contributed by atoms with Gasteiger partial charge in [0.15, 0.2) is 0 Å². The molecule has 0 atom stereocenters. The molecule has 86 valence electrons. The van der Waals surface area contributed by atoms with E-state index in [4.69, 9.17) is 0 Å².